The molecule has 1 saturated heterocycles. The van der Waals surface area contributed by atoms with Gasteiger partial charge in [-0.2, -0.15) is 0 Å². The molecule has 1 unspecified atom stereocenters. The van der Waals surface area contributed by atoms with Gasteiger partial charge >= 0.3 is 11.9 Å². The number of carbonyl (C=O) groups is 2. The molecule has 1 atom stereocenters. The first-order valence-corrected chi connectivity index (χ1v) is 11.2. The Kier molecular flexibility index (Phi) is 7.69. The lowest BCUT2D eigenvalue weighted by molar-refractivity contribution is -0.169. The van der Waals surface area contributed by atoms with Crippen LogP contribution in [-0.2, 0) is 23.5 Å². The van der Waals surface area contributed by atoms with E-state index in [2.05, 4.69) is 20.8 Å². The summed E-state index contributed by atoms with van der Waals surface area (Å²) in [4.78, 5) is 27.2. The van der Waals surface area contributed by atoms with Crippen LogP contribution in [0.4, 0.5) is 0 Å². The first-order chi connectivity index (χ1) is 12.1. The molecule has 0 aromatic heterocycles. The second kappa shape index (κ2) is 8.62. The van der Waals surface area contributed by atoms with Gasteiger partial charge in [0.1, 0.15) is 11.0 Å². The van der Waals surface area contributed by atoms with E-state index in [0.29, 0.717) is 26.1 Å². The normalized spacial score (nSPS) is 22.4. The molecule has 1 rings (SSSR count). The van der Waals surface area contributed by atoms with E-state index in [4.69, 9.17) is 13.9 Å². The molecule has 7 heteroatoms. The van der Waals surface area contributed by atoms with Crippen molar-refractivity contribution < 1.29 is 23.5 Å². The number of rotatable bonds is 7. The second-order valence-corrected chi connectivity index (χ2v) is 12.9. The number of carbonyl (C=O) groups excluding carboxylic acids is 2. The van der Waals surface area contributed by atoms with Crippen molar-refractivity contribution in [2.24, 2.45) is 5.41 Å². The van der Waals surface area contributed by atoms with Crippen LogP contribution in [-0.4, -0.2) is 64.0 Å². The van der Waals surface area contributed by atoms with E-state index in [0.717, 1.165) is 0 Å². The maximum absolute atomic E-state index is 13.0. The van der Waals surface area contributed by atoms with Crippen LogP contribution in [0.5, 0.6) is 0 Å². The number of likely N-dealkylation sites (tertiary alicyclic amines) is 1. The van der Waals surface area contributed by atoms with E-state index in [-0.39, 0.29) is 23.5 Å². The smallest absolute Gasteiger partial charge is 0.320 e. The van der Waals surface area contributed by atoms with Gasteiger partial charge in [0.05, 0.1) is 18.8 Å². The maximum atomic E-state index is 13.0. The molecular formula is C20H39NO5Si. The highest BCUT2D eigenvalue weighted by Gasteiger charge is 2.57. The van der Waals surface area contributed by atoms with Gasteiger partial charge < -0.3 is 13.9 Å². The van der Waals surface area contributed by atoms with Crippen molar-refractivity contribution >= 4 is 21.7 Å². The predicted octanol–water partition coefficient (Wildman–Crippen LogP) is 2.68. The molecule has 1 heterocycles. The van der Waals surface area contributed by atoms with Gasteiger partial charge in [-0.05, 0) is 53.0 Å². The molecule has 1 fully saturated rings. The van der Waals surface area contributed by atoms with Crippen molar-refractivity contribution in [3.63, 3.8) is 0 Å². The zero-order valence-corrected chi connectivity index (χ0v) is 20.1. The van der Waals surface area contributed by atoms with E-state index in [1.54, 1.807) is 0 Å². The topological polar surface area (TPSA) is 65.1 Å². The fraction of sp³-hybridized carbons (Fsp3) is 0.900. The van der Waals surface area contributed by atoms with E-state index >= 15 is 0 Å². The number of ether oxygens (including phenoxy) is 2. The maximum Gasteiger partial charge on any atom is 0.320 e. The standard InChI is InChI=1S/C20H39NO5Si/c1-10-24-16(23)20(19(8,9)26-27-18(5,6)7)11-12-21(14-20)13-15(22)25-17(2,3)4/h10-14,27H2,1-9H3. The van der Waals surface area contributed by atoms with Crippen LogP contribution in [0.2, 0.25) is 5.04 Å². The second-order valence-electron chi connectivity index (χ2n) is 10.2. The number of hydrogen-bond donors (Lipinski definition) is 0. The monoisotopic (exact) mass is 401 g/mol. The Morgan fingerprint density at radius 1 is 1.07 bits per heavy atom. The van der Waals surface area contributed by atoms with Gasteiger partial charge in [-0.1, -0.05) is 20.8 Å². The van der Waals surface area contributed by atoms with Crippen molar-refractivity contribution in [2.45, 2.75) is 85.0 Å². The highest BCUT2D eigenvalue weighted by atomic mass is 28.2. The SMILES string of the molecule is CCOC(=O)C1(C(C)(C)O[SiH2]C(C)(C)C)CCN(CC(=O)OC(C)(C)C)C1. The van der Waals surface area contributed by atoms with Crippen LogP contribution in [0.3, 0.4) is 0 Å². The molecule has 0 bridgehead atoms. The molecule has 1 aliphatic heterocycles. The fourth-order valence-corrected chi connectivity index (χ4v) is 4.36. The molecular weight excluding hydrogens is 362 g/mol. The van der Waals surface area contributed by atoms with Crippen LogP contribution in [0.15, 0.2) is 0 Å². The molecule has 0 amide bonds. The highest BCUT2D eigenvalue weighted by Crippen LogP contribution is 2.44. The van der Waals surface area contributed by atoms with Gasteiger partial charge in [-0.3, -0.25) is 14.5 Å². The minimum Gasteiger partial charge on any atom is -0.465 e. The summed E-state index contributed by atoms with van der Waals surface area (Å²) < 4.78 is 17.2. The Balaban J connectivity index is 2.96. The quantitative estimate of drug-likeness (QED) is 0.483. The Morgan fingerprint density at radius 2 is 1.67 bits per heavy atom. The van der Waals surface area contributed by atoms with Crippen LogP contribution < -0.4 is 0 Å². The van der Waals surface area contributed by atoms with Gasteiger partial charge in [-0.15, -0.1) is 0 Å². The lowest BCUT2D eigenvalue weighted by Crippen LogP contribution is -2.54. The Bertz CT molecular complexity index is 535. The lowest BCUT2D eigenvalue weighted by atomic mass is 9.73. The minimum absolute atomic E-state index is 0.127. The van der Waals surface area contributed by atoms with Crippen molar-refractivity contribution in [1.29, 1.82) is 0 Å². The summed E-state index contributed by atoms with van der Waals surface area (Å²) in [5.74, 6) is -0.505. The Labute approximate surface area is 167 Å². The largest absolute Gasteiger partial charge is 0.465 e. The molecule has 0 spiro atoms. The van der Waals surface area contributed by atoms with Gasteiger partial charge in [0.2, 0.25) is 0 Å². The molecule has 158 valence electrons. The third kappa shape index (κ3) is 6.87. The molecule has 0 aliphatic carbocycles. The van der Waals surface area contributed by atoms with Crippen LogP contribution in [0, 0.1) is 5.41 Å². The molecule has 6 nitrogen and oxygen atoms in total. The molecule has 0 aromatic rings. The van der Waals surface area contributed by atoms with Crippen molar-refractivity contribution in [3.05, 3.63) is 0 Å². The molecule has 0 N–H and O–H groups in total. The zero-order valence-electron chi connectivity index (χ0n) is 18.7. The molecule has 1 aliphatic rings. The van der Waals surface area contributed by atoms with Gasteiger partial charge in [-0.25, -0.2) is 0 Å². The third-order valence-corrected chi connectivity index (χ3v) is 6.54. The van der Waals surface area contributed by atoms with Crippen LogP contribution >= 0.6 is 0 Å². The summed E-state index contributed by atoms with van der Waals surface area (Å²) in [5, 5.41) is 0.127. The van der Waals surface area contributed by atoms with Crippen molar-refractivity contribution in [1.82, 2.24) is 4.90 Å². The lowest BCUT2D eigenvalue weighted by Gasteiger charge is -2.43. The van der Waals surface area contributed by atoms with Gasteiger partial charge in [0, 0.05) is 13.1 Å². The first-order valence-electron chi connectivity index (χ1n) is 9.87. The Hall–Kier alpha value is -0.923. The molecule has 27 heavy (non-hydrogen) atoms. The van der Waals surface area contributed by atoms with E-state index < -0.39 is 26.4 Å². The predicted molar refractivity (Wildman–Crippen MR) is 109 cm³/mol. The summed E-state index contributed by atoms with van der Waals surface area (Å²) in [6, 6.07) is 0. The number of esters is 2. The van der Waals surface area contributed by atoms with Gasteiger partial charge in [0.25, 0.3) is 0 Å². The van der Waals surface area contributed by atoms with Crippen molar-refractivity contribution in [2.75, 3.05) is 26.2 Å². The summed E-state index contributed by atoms with van der Waals surface area (Å²) in [7, 11) is -0.851. The first kappa shape index (κ1) is 24.1. The average molecular weight is 402 g/mol. The summed E-state index contributed by atoms with van der Waals surface area (Å²) in [5.41, 5.74) is -1.94. The van der Waals surface area contributed by atoms with E-state index in [9.17, 15) is 9.59 Å². The van der Waals surface area contributed by atoms with Crippen LogP contribution in [0.1, 0.15) is 68.7 Å². The molecule has 0 saturated carbocycles. The summed E-state index contributed by atoms with van der Waals surface area (Å²) in [6.45, 7) is 19.4. The molecule has 0 aromatic carbocycles. The van der Waals surface area contributed by atoms with Crippen LogP contribution in [0.25, 0.3) is 0 Å². The number of hydrogen-bond acceptors (Lipinski definition) is 6. The number of nitrogens with zero attached hydrogens (tertiary/aromatic N) is 1. The van der Waals surface area contributed by atoms with Crippen molar-refractivity contribution in [3.8, 4) is 0 Å². The Morgan fingerprint density at radius 3 is 2.15 bits per heavy atom. The minimum atomic E-state index is -0.851. The fourth-order valence-electron chi connectivity index (χ4n) is 3.29. The summed E-state index contributed by atoms with van der Waals surface area (Å²) in [6.07, 6.45) is 0.611. The summed E-state index contributed by atoms with van der Waals surface area (Å²) >= 11 is 0. The van der Waals surface area contributed by atoms with E-state index in [1.165, 1.54) is 0 Å². The van der Waals surface area contributed by atoms with Gasteiger partial charge in [0.15, 0.2) is 9.76 Å². The zero-order chi connectivity index (χ0) is 21.1. The highest BCUT2D eigenvalue weighted by molar-refractivity contribution is 6.31. The molecule has 0 radical (unpaired) electrons. The van der Waals surface area contributed by atoms with E-state index in [1.807, 2.05) is 46.4 Å². The third-order valence-electron chi connectivity index (χ3n) is 4.81. The average Bonchev–Trinajstić information content (AvgIpc) is 2.88.